The van der Waals surface area contributed by atoms with Gasteiger partial charge in [0.2, 0.25) is 0 Å². The summed E-state index contributed by atoms with van der Waals surface area (Å²) in [6.45, 7) is 0. The monoisotopic (exact) mass is 536 g/mol. The van der Waals surface area contributed by atoms with Gasteiger partial charge in [0, 0.05) is 45.7 Å². The second-order valence-corrected chi connectivity index (χ2v) is 10.0. The third-order valence-electron chi connectivity index (χ3n) is 6.29. The summed E-state index contributed by atoms with van der Waals surface area (Å²) >= 11 is 7.67. The standard InChI is InChI=1S/C27H17ClN8OS/c28-25-15(5-7-29-36-25)12-23(37)22-10-14-1-2-16(11-21(14)32-22)26-33-20-6-8-38-24(20)27(34-26)31-18-3-4-19-17(9-18)13-30-35-19/h1-11,13,32H,12H2,(H,30,35)(H,31,33,34). The predicted molar refractivity (Wildman–Crippen MR) is 149 cm³/mol. The number of carbonyl (C=O) groups excluding carboxylic acids is 1. The van der Waals surface area contributed by atoms with Gasteiger partial charge >= 0.3 is 0 Å². The number of hydrogen-bond acceptors (Lipinski definition) is 8. The average Bonchev–Trinajstić information content (AvgIpc) is 3.68. The number of carbonyl (C=O) groups is 1. The van der Waals surface area contributed by atoms with Crippen LogP contribution in [0.3, 0.4) is 0 Å². The van der Waals surface area contributed by atoms with Gasteiger partial charge in [-0.3, -0.25) is 9.89 Å². The number of fused-ring (bicyclic) bond motifs is 3. The van der Waals surface area contributed by atoms with Crippen molar-refractivity contribution in [2.24, 2.45) is 0 Å². The summed E-state index contributed by atoms with van der Waals surface area (Å²) in [6, 6.07) is 17.4. The fourth-order valence-electron chi connectivity index (χ4n) is 4.39. The number of thiophene rings is 1. The predicted octanol–water partition coefficient (Wildman–Crippen LogP) is 6.33. The summed E-state index contributed by atoms with van der Waals surface area (Å²) in [5.41, 5.74) is 5.52. The lowest BCUT2D eigenvalue weighted by Gasteiger charge is -2.09. The summed E-state index contributed by atoms with van der Waals surface area (Å²) in [5, 5.41) is 22.2. The Labute approximate surface area is 223 Å². The molecule has 9 nitrogen and oxygen atoms in total. The summed E-state index contributed by atoms with van der Waals surface area (Å²) in [7, 11) is 0. The Hall–Kier alpha value is -4.67. The molecule has 0 amide bonds. The zero-order valence-electron chi connectivity index (χ0n) is 19.6. The number of anilines is 2. The maximum atomic E-state index is 12.9. The fraction of sp³-hybridized carbons (Fsp3) is 0.0370. The second kappa shape index (κ2) is 9.02. The van der Waals surface area contributed by atoms with E-state index in [2.05, 4.69) is 30.7 Å². The van der Waals surface area contributed by atoms with Crippen LogP contribution in [0.4, 0.5) is 11.5 Å². The summed E-state index contributed by atoms with van der Waals surface area (Å²) in [4.78, 5) is 25.8. The normalized spacial score (nSPS) is 11.5. The molecule has 38 heavy (non-hydrogen) atoms. The number of hydrogen-bond donors (Lipinski definition) is 3. The number of aromatic nitrogens is 7. The quantitative estimate of drug-likeness (QED) is 0.212. The number of benzene rings is 2. The molecule has 3 N–H and O–H groups in total. The van der Waals surface area contributed by atoms with Crippen molar-refractivity contribution in [3.05, 3.63) is 88.8 Å². The molecule has 0 bridgehead atoms. The van der Waals surface area contributed by atoms with Crippen LogP contribution in [0, 0.1) is 0 Å². The SMILES string of the molecule is O=C(Cc1ccnnc1Cl)c1cc2ccc(-c3nc(Nc4ccc5[nH]ncc5c4)c4sccc4n3)cc2[nH]1. The van der Waals surface area contributed by atoms with Crippen molar-refractivity contribution in [2.75, 3.05) is 5.32 Å². The van der Waals surface area contributed by atoms with E-state index in [1.165, 1.54) is 6.20 Å². The summed E-state index contributed by atoms with van der Waals surface area (Å²) < 4.78 is 0.971. The van der Waals surface area contributed by atoms with Crippen molar-refractivity contribution in [3.63, 3.8) is 0 Å². The van der Waals surface area contributed by atoms with Gasteiger partial charge in [-0.15, -0.1) is 16.4 Å². The van der Waals surface area contributed by atoms with Crippen LogP contribution in [0.25, 0.3) is 43.4 Å². The Bertz CT molecular complexity index is 1990. The molecule has 184 valence electrons. The lowest BCUT2D eigenvalue weighted by molar-refractivity contribution is 0.0989. The number of halogens is 1. The van der Waals surface area contributed by atoms with Crippen LogP contribution in [0.15, 0.2) is 72.4 Å². The minimum absolute atomic E-state index is 0.0883. The van der Waals surface area contributed by atoms with E-state index in [4.69, 9.17) is 21.6 Å². The van der Waals surface area contributed by atoms with E-state index in [-0.39, 0.29) is 17.4 Å². The molecule has 7 rings (SSSR count). The molecule has 0 aliphatic carbocycles. The molecule has 0 aliphatic rings. The lowest BCUT2D eigenvalue weighted by Crippen LogP contribution is -2.05. The summed E-state index contributed by atoms with van der Waals surface area (Å²) in [5.74, 6) is 1.23. The Morgan fingerprint density at radius 1 is 1.00 bits per heavy atom. The minimum atomic E-state index is -0.0883. The van der Waals surface area contributed by atoms with Crippen LogP contribution in [0.1, 0.15) is 16.1 Å². The van der Waals surface area contributed by atoms with Crippen molar-refractivity contribution >= 4 is 72.2 Å². The van der Waals surface area contributed by atoms with E-state index in [0.29, 0.717) is 17.1 Å². The first kappa shape index (κ1) is 22.5. The number of Topliss-reactive ketones (excluding diaryl/α,β-unsaturated/α-hetero) is 1. The molecular weight excluding hydrogens is 520 g/mol. The fourth-order valence-corrected chi connectivity index (χ4v) is 5.34. The second-order valence-electron chi connectivity index (χ2n) is 8.76. The minimum Gasteiger partial charge on any atom is -0.352 e. The zero-order chi connectivity index (χ0) is 25.6. The highest BCUT2D eigenvalue weighted by atomic mass is 35.5. The van der Waals surface area contributed by atoms with Crippen LogP contribution >= 0.6 is 22.9 Å². The molecule has 7 aromatic rings. The van der Waals surface area contributed by atoms with E-state index in [9.17, 15) is 4.79 Å². The van der Waals surface area contributed by atoms with E-state index >= 15 is 0 Å². The van der Waals surface area contributed by atoms with E-state index < -0.39 is 0 Å². The number of nitrogens with zero attached hydrogens (tertiary/aromatic N) is 5. The first-order valence-electron chi connectivity index (χ1n) is 11.7. The zero-order valence-corrected chi connectivity index (χ0v) is 21.1. The van der Waals surface area contributed by atoms with Gasteiger partial charge < -0.3 is 10.3 Å². The maximum absolute atomic E-state index is 12.9. The molecule has 5 aromatic heterocycles. The van der Waals surface area contributed by atoms with Gasteiger partial charge in [0.05, 0.1) is 27.6 Å². The molecule has 0 atom stereocenters. The van der Waals surface area contributed by atoms with Crippen LogP contribution in [0.5, 0.6) is 0 Å². The summed E-state index contributed by atoms with van der Waals surface area (Å²) in [6.07, 6.45) is 3.45. The molecule has 11 heteroatoms. The Morgan fingerprint density at radius 2 is 1.95 bits per heavy atom. The molecule has 0 fully saturated rings. The lowest BCUT2D eigenvalue weighted by atomic mass is 10.1. The van der Waals surface area contributed by atoms with Crippen molar-refractivity contribution in [1.82, 2.24) is 35.3 Å². The first-order valence-corrected chi connectivity index (χ1v) is 12.9. The third-order valence-corrected chi connectivity index (χ3v) is 7.52. The molecule has 0 unspecified atom stereocenters. The highest BCUT2D eigenvalue weighted by Crippen LogP contribution is 2.32. The smallest absolute Gasteiger partial charge is 0.183 e. The topological polar surface area (TPSA) is 125 Å². The van der Waals surface area contributed by atoms with Gasteiger partial charge in [0.25, 0.3) is 0 Å². The van der Waals surface area contributed by atoms with Gasteiger partial charge in [-0.25, -0.2) is 9.97 Å². The average molecular weight is 537 g/mol. The van der Waals surface area contributed by atoms with Gasteiger partial charge in [-0.05, 0) is 47.8 Å². The third kappa shape index (κ3) is 4.05. The highest BCUT2D eigenvalue weighted by Gasteiger charge is 2.16. The Balaban J connectivity index is 1.23. The molecule has 0 radical (unpaired) electrons. The molecule has 0 saturated heterocycles. The number of nitrogens with one attached hydrogen (secondary N) is 3. The van der Waals surface area contributed by atoms with Crippen LogP contribution in [-0.2, 0) is 6.42 Å². The van der Waals surface area contributed by atoms with Crippen molar-refractivity contribution in [2.45, 2.75) is 6.42 Å². The first-order chi connectivity index (χ1) is 18.6. The molecular formula is C27H17ClN8OS. The van der Waals surface area contributed by atoms with Crippen molar-refractivity contribution in [1.29, 1.82) is 0 Å². The largest absolute Gasteiger partial charge is 0.352 e. The van der Waals surface area contributed by atoms with Crippen molar-refractivity contribution < 1.29 is 4.79 Å². The van der Waals surface area contributed by atoms with Crippen LogP contribution < -0.4 is 5.32 Å². The number of rotatable bonds is 6. The molecule has 0 aliphatic heterocycles. The number of aromatic amines is 2. The van der Waals surface area contributed by atoms with Gasteiger partial charge in [-0.1, -0.05) is 23.7 Å². The number of H-pyrrole nitrogens is 2. The molecule has 5 heterocycles. The van der Waals surface area contributed by atoms with Crippen LogP contribution in [-0.4, -0.2) is 41.1 Å². The number of ketones is 1. The van der Waals surface area contributed by atoms with E-state index in [1.54, 1.807) is 23.6 Å². The molecule has 0 saturated carbocycles. The van der Waals surface area contributed by atoms with E-state index in [1.807, 2.05) is 53.9 Å². The van der Waals surface area contributed by atoms with E-state index in [0.717, 1.165) is 49.1 Å². The van der Waals surface area contributed by atoms with Crippen LogP contribution in [0.2, 0.25) is 5.15 Å². The molecule has 2 aromatic carbocycles. The maximum Gasteiger partial charge on any atom is 0.183 e. The van der Waals surface area contributed by atoms with Crippen molar-refractivity contribution in [3.8, 4) is 11.4 Å². The Kier molecular flexibility index (Phi) is 5.34. The van der Waals surface area contributed by atoms with Gasteiger partial charge in [-0.2, -0.15) is 10.2 Å². The Morgan fingerprint density at radius 3 is 2.87 bits per heavy atom. The highest BCUT2D eigenvalue weighted by molar-refractivity contribution is 7.17. The van der Waals surface area contributed by atoms with Gasteiger partial charge in [0.1, 0.15) is 0 Å². The molecule has 0 spiro atoms. The van der Waals surface area contributed by atoms with Gasteiger partial charge in [0.15, 0.2) is 22.6 Å².